The van der Waals surface area contributed by atoms with Crippen molar-refractivity contribution in [2.45, 2.75) is 32.2 Å². The van der Waals surface area contributed by atoms with E-state index in [1.807, 2.05) is 12.1 Å². The first-order chi connectivity index (χ1) is 13.3. The average Bonchev–Trinajstić information content (AvgIpc) is 2.87. The molecule has 28 heavy (non-hydrogen) atoms. The van der Waals surface area contributed by atoms with Crippen molar-refractivity contribution in [1.29, 1.82) is 0 Å². The molecule has 0 spiro atoms. The maximum absolute atomic E-state index is 12.3. The molecule has 0 aliphatic carbocycles. The van der Waals surface area contributed by atoms with E-state index in [1.54, 1.807) is 55.1 Å². The summed E-state index contributed by atoms with van der Waals surface area (Å²) in [4.78, 5) is 25.1. The van der Waals surface area contributed by atoms with Gasteiger partial charge in [-0.3, -0.25) is 5.21 Å². The van der Waals surface area contributed by atoms with Crippen LogP contribution in [0.1, 0.15) is 19.4 Å². The Hall–Kier alpha value is -2.97. The van der Waals surface area contributed by atoms with Crippen molar-refractivity contribution in [3.63, 3.8) is 0 Å². The molecule has 0 aromatic heterocycles. The first-order valence-corrected chi connectivity index (χ1v) is 8.88. The molecule has 2 aromatic carbocycles. The number of rotatable bonds is 5. The zero-order valence-corrected chi connectivity index (χ0v) is 16.1. The maximum atomic E-state index is 12.3. The maximum Gasteiger partial charge on any atom is 0.433 e. The van der Waals surface area contributed by atoms with Crippen LogP contribution in [0, 0.1) is 0 Å². The van der Waals surface area contributed by atoms with Gasteiger partial charge in [-0.1, -0.05) is 23.7 Å². The predicted octanol–water partition coefficient (Wildman–Crippen LogP) is 3.88. The van der Waals surface area contributed by atoms with Gasteiger partial charge in [0.25, 0.3) is 0 Å². The number of carbonyl (C=O) groups excluding carboxylic acids is 2. The van der Waals surface area contributed by atoms with Crippen LogP contribution in [0.5, 0.6) is 11.5 Å². The summed E-state index contributed by atoms with van der Waals surface area (Å²) in [6.45, 7) is 3.83. The van der Waals surface area contributed by atoms with Crippen LogP contribution < -0.4 is 15.5 Å². The predicted molar refractivity (Wildman–Crippen MR) is 101 cm³/mol. The van der Waals surface area contributed by atoms with Gasteiger partial charge in [-0.15, -0.1) is 0 Å². The number of halogens is 1. The molecule has 8 nitrogen and oxygen atoms in total. The van der Waals surface area contributed by atoms with E-state index in [0.29, 0.717) is 23.1 Å². The van der Waals surface area contributed by atoms with Crippen LogP contribution >= 0.6 is 11.6 Å². The summed E-state index contributed by atoms with van der Waals surface area (Å²) in [5.41, 5.74) is 1.44. The number of hydroxylamine groups is 1. The summed E-state index contributed by atoms with van der Waals surface area (Å²) in [7, 11) is 0. The molecule has 1 aliphatic heterocycles. The second kappa shape index (κ2) is 7.95. The highest BCUT2D eigenvalue weighted by molar-refractivity contribution is 6.30. The molecule has 1 aliphatic rings. The van der Waals surface area contributed by atoms with Crippen molar-refractivity contribution in [1.82, 2.24) is 15.7 Å². The number of nitrogens with one attached hydrogen (secondary N) is 2. The molecule has 148 valence electrons. The Morgan fingerprint density at radius 2 is 1.75 bits per heavy atom. The van der Waals surface area contributed by atoms with Gasteiger partial charge in [0, 0.05) is 11.6 Å². The zero-order valence-electron chi connectivity index (χ0n) is 15.3. The molecule has 0 bridgehead atoms. The Morgan fingerprint density at radius 3 is 2.32 bits per heavy atom. The Bertz CT molecular complexity index is 855. The smallest absolute Gasteiger partial charge is 0.433 e. The topological polar surface area (TPSA) is 100 Å². The van der Waals surface area contributed by atoms with E-state index in [-0.39, 0.29) is 6.03 Å². The lowest BCUT2D eigenvalue weighted by molar-refractivity contribution is 0.00485. The lowest BCUT2D eigenvalue weighted by Gasteiger charge is -2.33. The Kier molecular flexibility index (Phi) is 5.62. The van der Waals surface area contributed by atoms with Crippen molar-refractivity contribution in [2.24, 2.45) is 0 Å². The fourth-order valence-corrected chi connectivity index (χ4v) is 2.96. The average molecular weight is 406 g/mol. The van der Waals surface area contributed by atoms with Gasteiger partial charge in [0.05, 0.1) is 5.54 Å². The first kappa shape index (κ1) is 19.8. The number of amides is 3. The second-order valence-electron chi connectivity index (χ2n) is 6.79. The Morgan fingerprint density at radius 1 is 1.18 bits per heavy atom. The third-order valence-electron chi connectivity index (χ3n) is 4.47. The SMILES string of the molecule is CC1(C)[C@@H](OC(=O)NO)NC(=O)N1Cc1ccc(Oc2ccc(Cl)cc2)cc1. The van der Waals surface area contributed by atoms with E-state index < -0.39 is 17.9 Å². The minimum absolute atomic E-state index is 0.306. The minimum atomic E-state index is -1.04. The molecule has 3 amide bonds. The molecule has 1 saturated heterocycles. The molecule has 3 N–H and O–H groups in total. The van der Waals surface area contributed by atoms with Gasteiger partial charge in [0.1, 0.15) is 11.5 Å². The number of carbonyl (C=O) groups is 2. The summed E-state index contributed by atoms with van der Waals surface area (Å²) >= 11 is 5.86. The highest BCUT2D eigenvalue weighted by Gasteiger charge is 2.48. The van der Waals surface area contributed by atoms with Crippen LogP contribution in [0.25, 0.3) is 0 Å². The molecule has 0 saturated carbocycles. The molecule has 0 radical (unpaired) electrons. The van der Waals surface area contributed by atoms with E-state index in [2.05, 4.69) is 5.32 Å². The zero-order chi connectivity index (χ0) is 20.3. The summed E-state index contributed by atoms with van der Waals surface area (Å²) < 4.78 is 10.8. The van der Waals surface area contributed by atoms with Gasteiger partial charge in [-0.2, -0.15) is 0 Å². The third kappa shape index (κ3) is 4.29. The first-order valence-electron chi connectivity index (χ1n) is 8.51. The number of benzene rings is 2. The van der Waals surface area contributed by atoms with E-state index in [4.69, 9.17) is 26.3 Å². The van der Waals surface area contributed by atoms with Crippen LogP contribution in [0.3, 0.4) is 0 Å². The van der Waals surface area contributed by atoms with Crippen LogP contribution in [0.4, 0.5) is 9.59 Å². The summed E-state index contributed by atoms with van der Waals surface area (Å²) in [6, 6.07) is 14.0. The molecule has 1 fully saturated rings. The van der Waals surface area contributed by atoms with Crippen LogP contribution in [-0.2, 0) is 11.3 Å². The summed E-state index contributed by atoms with van der Waals surface area (Å²) in [5, 5.41) is 11.8. The van der Waals surface area contributed by atoms with Crippen molar-refractivity contribution >= 4 is 23.7 Å². The summed E-state index contributed by atoms with van der Waals surface area (Å²) in [6.07, 6.45) is -1.94. The van der Waals surface area contributed by atoms with Crippen molar-refractivity contribution in [2.75, 3.05) is 0 Å². The molecule has 3 rings (SSSR count). The van der Waals surface area contributed by atoms with Crippen molar-refractivity contribution in [3.8, 4) is 11.5 Å². The molecule has 1 atom stereocenters. The molecule has 0 unspecified atom stereocenters. The lowest BCUT2D eigenvalue weighted by Crippen LogP contribution is -2.49. The number of urea groups is 1. The third-order valence-corrected chi connectivity index (χ3v) is 4.72. The van der Waals surface area contributed by atoms with Crippen molar-refractivity contribution < 1.29 is 24.3 Å². The van der Waals surface area contributed by atoms with Crippen LogP contribution in [0.15, 0.2) is 48.5 Å². The monoisotopic (exact) mass is 405 g/mol. The standard InChI is InChI=1S/C19H20ClN3O5/c1-19(2)16(28-18(25)22-26)21-17(24)23(19)11-12-3-7-14(8-4-12)27-15-9-5-13(20)6-10-15/h3-10,16,26H,11H2,1-2H3,(H,21,24)(H,22,25)/t16-/m1/s1. The number of hydrogen-bond donors (Lipinski definition) is 3. The van der Waals surface area contributed by atoms with Crippen LogP contribution in [-0.4, -0.2) is 34.0 Å². The van der Waals surface area contributed by atoms with Crippen LogP contribution in [0.2, 0.25) is 5.02 Å². The highest BCUT2D eigenvalue weighted by atomic mass is 35.5. The van der Waals surface area contributed by atoms with Gasteiger partial charge < -0.3 is 19.7 Å². The Labute approximate surface area is 166 Å². The number of ether oxygens (including phenoxy) is 2. The van der Waals surface area contributed by atoms with Crippen molar-refractivity contribution in [3.05, 3.63) is 59.1 Å². The molecular formula is C19H20ClN3O5. The van der Waals surface area contributed by atoms with Gasteiger partial charge in [0.15, 0.2) is 0 Å². The van der Waals surface area contributed by atoms with E-state index in [1.165, 1.54) is 5.48 Å². The van der Waals surface area contributed by atoms with E-state index in [0.717, 1.165) is 5.56 Å². The van der Waals surface area contributed by atoms with Gasteiger partial charge >= 0.3 is 12.1 Å². The summed E-state index contributed by atoms with van der Waals surface area (Å²) in [5.74, 6) is 1.32. The van der Waals surface area contributed by atoms with Gasteiger partial charge in [-0.05, 0) is 55.8 Å². The van der Waals surface area contributed by atoms with Gasteiger partial charge in [0.2, 0.25) is 6.23 Å². The lowest BCUT2D eigenvalue weighted by atomic mass is 10.0. The van der Waals surface area contributed by atoms with Gasteiger partial charge in [-0.25, -0.2) is 15.1 Å². The quantitative estimate of drug-likeness (QED) is 0.517. The Balaban J connectivity index is 1.66. The molecule has 1 heterocycles. The highest BCUT2D eigenvalue weighted by Crippen LogP contribution is 2.29. The minimum Gasteiger partial charge on any atom is -0.457 e. The van der Waals surface area contributed by atoms with E-state index >= 15 is 0 Å². The number of nitrogens with zero attached hydrogens (tertiary/aromatic N) is 1. The fourth-order valence-electron chi connectivity index (χ4n) is 2.84. The van der Waals surface area contributed by atoms with E-state index in [9.17, 15) is 9.59 Å². The fraction of sp³-hybridized carbons (Fsp3) is 0.263. The second-order valence-corrected chi connectivity index (χ2v) is 7.22. The molecular weight excluding hydrogens is 386 g/mol. The number of hydrogen-bond acceptors (Lipinski definition) is 5. The normalized spacial score (nSPS) is 17.8. The largest absolute Gasteiger partial charge is 0.457 e. The molecule has 9 heteroatoms. The molecule has 2 aromatic rings.